The SMILES string of the molecule is CCCC[C@@H](CCc1ccccc1)C(=O)NC. The summed E-state index contributed by atoms with van der Waals surface area (Å²) < 4.78 is 0. The molecule has 0 saturated carbocycles. The van der Waals surface area contributed by atoms with Crippen molar-refractivity contribution in [2.45, 2.75) is 39.0 Å². The zero-order valence-electron chi connectivity index (χ0n) is 10.9. The molecule has 0 heterocycles. The van der Waals surface area contributed by atoms with Crippen molar-refractivity contribution in [3.8, 4) is 0 Å². The van der Waals surface area contributed by atoms with Gasteiger partial charge in [0.2, 0.25) is 5.91 Å². The third kappa shape index (κ3) is 5.03. The van der Waals surface area contributed by atoms with Gasteiger partial charge in [-0.2, -0.15) is 0 Å². The summed E-state index contributed by atoms with van der Waals surface area (Å²) in [6.07, 6.45) is 5.22. The molecule has 1 aromatic rings. The van der Waals surface area contributed by atoms with Crippen LogP contribution in [0.2, 0.25) is 0 Å². The second-order valence-electron chi connectivity index (χ2n) is 4.48. The Kier molecular flexibility index (Phi) is 6.38. The largest absolute Gasteiger partial charge is 0.359 e. The zero-order valence-corrected chi connectivity index (χ0v) is 10.9. The Bertz CT molecular complexity index is 321. The highest BCUT2D eigenvalue weighted by molar-refractivity contribution is 5.78. The van der Waals surface area contributed by atoms with Gasteiger partial charge in [0, 0.05) is 13.0 Å². The number of benzene rings is 1. The van der Waals surface area contributed by atoms with Gasteiger partial charge in [-0.15, -0.1) is 0 Å². The summed E-state index contributed by atoms with van der Waals surface area (Å²) in [5, 5.41) is 2.77. The van der Waals surface area contributed by atoms with E-state index in [1.165, 1.54) is 5.56 Å². The first-order valence-electron chi connectivity index (χ1n) is 6.53. The maximum atomic E-state index is 11.7. The summed E-state index contributed by atoms with van der Waals surface area (Å²) in [4.78, 5) is 11.7. The number of aryl methyl sites for hydroxylation is 1. The lowest BCUT2D eigenvalue weighted by molar-refractivity contribution is -0.124. The van der Waals surface area contributed by atoms with E-state index in [4.69, 9.17) is 0 Å². The van der Waals surface area contributed by atoms with E-state index < -0.39 is 0 Å². The lowest BCUT2D eigenvalue weighted by atomic mass is 9.94. The molecule has 0 aliphatic rings. The zero-order chi connectivity index (χ0) is 12.5. The maximum Gasteiger partial charge on any atom is 0.222 e. The van der Waals surface area contributed by atoms with Gasteiger partial charge < -0.3 is 5.32 Å². The first-order chi connectivity index (χ1) is 8.27. The van der Waals surface area contributed by atoms with Gasteiger partial charge in [-0.05, 0) is 24.8 Å². The molecule has 17 heavy (non-hydrogen) atoms. The van der Waals surface area contributed by atoms with E-state index in [0.717, 1.165) is 32.1 Å². The first-order valence-corrected chi connectivity index (χ1v) is 6.53. The van der Waals surface area contributed by atoms with Crippen LogP contribution in [-0.4, -0.2) is 13.0 Å². The Hall–Kier alpha value is -1.31. The molecule has 0 aliphatic heterocycles. The minimum absolute atomic E-state index is 0.167. The smallest absolute Gasteiger partial charge is 0.222 e. The average molecular weight is 233 g/mol. The highest BCUT2D eigenvalue weighted by Gasteiger charge is 2.16. The fraction of sp³-hybridized carbons (Fsp3) is 0.533. The quantitative estimate of drug-likeness (QED) is 0.770. The molecule has 0 aliphatic carbocycles. The average Bonchev–Trinajstić information content (AvgIpc) is 2.39. The molecule has 1 rings (SSSR count). The van der Waals surface area contributed by atoms with Gasteiger partial charge in [0.05, 0.1) is 0 Å². The molecule has 1 N–H and O–H groups in total. The predicted molar refractivity (Wildman–Crippen MR) is 71.8 cm³/mol. The molecule has 1 amide bonds. The second kappa shape index (κ2) is 7.88. The van der Waals surface area contributed by atoms with Crippen LogP contribution >= 0.6 is 0 Å². The topological polar surface area (TPSA) is 29.1 Å². The monoisotopic (exact) mass is 233 g/mol. The van der Waals surface area contributed by atoms with E-state index in [9.17, 15) is 4.79 Å². The molecule has 1 atom stereocenters. The number of carbonyl (C=O) groups is 1. The fourth-order valence-corrected chi connectivity index (χ4v) is 2.05. The molecule has 94 valence electrons. The molecule has 0 aromatic heterocycles. The van der Waals surface area contributed by atoms with Crippen LogP contribution in [0.4, 0.5) is 0 Å². The van der Waals surface area contributed by atoms with Gasteiger partial charge in [-0.1, -0.05) is 50.1 Å². The molecule has 0 bridgehead atoms. The van der Waals surface area contributed by atoms with Crippen LogP contribution < -0.4 is 5.32 Å². The molecular formula is C15H23NO. The number of nitrogens with one attached hydrogen (secondary N) is 1. The van der Waals surface area contributed by atoms with Crippen LogP contribution in [0.15, 0.2) is 30.3 Å². The molecule has 0 unspecified atom stereocenters. The van der Waals surface area contributed by atoms with Crippen LogP contribution in [0.1, 0.15) is 38.2 Å². The Morgan fingerprint density at radius 1 is 1.24 bits per heavy atom. The Labute approximate surface area is 104 Å². The van der Waals surface area contributed by atoms with E-state index in [1.807, 2.05) is 6.07 Å². The molecule has 1 aromatic carbocycles. The summed E-state index contributed by atoms with van der Waals surface area (Å²) in [6.45, 7) is 2.16. The predicted octanol–water partition coefficient (Wildman–Crippen LogP) is 3.17. The molecule has 0 saturated heterocycles. The lowest BCUT2D eigenvalue weighted by Gasteiger charge is -2.14. The molecule has 2 heteroatoms. The summed E-state index contributed by atoms with van der Waals surface area (Å²) in [6, 6.07) is 10.4. The summed E-state index contributed by atoms with van der Waals surface area (Å²) in [7, 11) is 1.73. The van der Waals surface area contributed by atoms with Gasteiger partial charge in [-0.25, -0.2) is 0 Å². The second-order valence-corrected chi connectivity index (χ2v) is 4.48. The van der Waals surface area contributed by atoms with Gasteiger partial charge >= 0.3 is 0 Å². The summed E-state index contributed by atoms with van der Waals surface area (Å²) in [5.41, 5.74) is 1.32. The van der Waals surface area contributed by atoms with Crippen molar-refractivity contribution in [2.75, 3.05) is 7.05 Å². The van der Waals surface area contributed by atoms with E-state index in [0.29, 0.717) is 0 Å². The van der Waals surface area contributed by atoms with Crippen molar-refractivity contribution in [3.63, 3.8) is 0 Å². The summed E-state index contributed by atoms with van der Waals surface area (Å²) >= 11 is 0. The molecule has 0 fully saturated rings. The van der Waals surface area contributed by atoms with Crippen molar-refractivity contribution in [2.24, 2.45) is 5.92 Å². The normalized spacial score (nSPS) is 12.1. The lowest BCUT2D eigenvalue weighted by Crippen LogP contribution is -2.27. The minimum Gasteiger partial charge on any atom is -0.359 e. The van der Waals surface area contributed by atoms with Crippen LogP contribution in [0.5, 0.6) is 0 Å². The Morgan fingerprint density at radius 3 is 2.53 bits per heavy atom. The molecule has 0 spiro atoms. The molecular weight excluding hydrogens is 210 g/mol. The number of unbranched alkanes of at least 4 members (excludes halogenated alkanes) is 1. The van der Waals surface area contributed by atoms with Crippen LogP contribution in [0, 0.1) is 5.92 Å². The van der Waals surface area contributed by atoms with Crippen molar-refractivity contribution in [1.82, 2.24) is 5.32 Å². The molecule has 2 nitrogen and oxygen atoms in total. The number of carbonyl (C=O) groups excluding carboxylic acids is 1. The number of hydrogen-bond donors (Lipinski definition) is 1. The van der Waals surface area contributed by atoms with E-state index in [2.05, 4.69) is 36.5 Å². The third-order valence-electron chi connectivity index (χ3n) is 3.15. The first kappa shape index (κ1) is 13.8. The Morgan fingerprint density at radius 2 is 1.94 bits per heavy atom. The number of rotatable bonds is 7. The minimum atomic E-state index is 0.167. The van der Waals surface area contributed by atoms with Crippen molar-refractivity contribution in [1.29, 1.82) is 0 Å². The number of hydrogen-bond acceptors (Lipinski definition) is 1. The fourth-order valence-electron chi connectivity index (χ4n) is 2.05. The van der Waals surface area contributed by atoms with Gasteiger partial charge in [0.1, 0.15) is 0 Å². The third-order valence-corrected chi connectivity index (χ3v) is 3.15. The van der Waals surface area contributed by atoms with Crippen LogP contribution in [0.25, 0.3) is 0 Å². The van der Waals surface area contributed by atoms with Crippen molar-refractivity contribution in [3.05, 3.63) is 35.9 Å². The van der Waals surface area contributed by atoms with E-state index >= 15 is 0 Å². The number of amides is 1. The van der Waals surface area contributed by atoms with Crippen LogP contribution in [0.3, 0.4) is 0 Å². The highest BCUT2D eigenvalue weighted by atomic mass is 16.1. The van der Waals surface area contributed by atoms with Crippen LogP contribution in [-0.2, 0) is 11.2 Å². The highest BCUT2D eigenvalue weighted by Crippen LogP contribution is 2.16. The molecule has 0 radical (unpaired) electrons. The van der Waals surface area contributed by atoms with Gasteiger partial charge in [0.15, 0.2) is 0 Å². The van der Waals surface area contributed by atoms with E-state index in [1.54, 1.807) is 7.05 Å². The van der Waals surface area contributed by atoms with Gasteiger partial charge in [0.25, 0.3) is 0 Å². The Balaban J connectivity index is 2.46. The van der Waals surface area contributed by atoms with Gasteiger partial charge in [-0.3, -0.25) is 4.79 Å². The summed E-state index contributed by atoms with van der Waals surface area (Å²) in [5.74, 6) is 0.356. The maximum absolute atomic E-state index is 11.7. The van der Waals surface area contributed by atoms with E-state index in [-0.39, 0.29) is 11.8 Å². The van der Waals surface area contributed by atoms with Crippen molar-refractivity contribution >= 4 is 5.91 Å². The van der Waals surface area contributed by atoms with Crippen molar-refractivity contribution < 1.29 is 4.79 Å². The standard InChI is InChI=1S/C15H23NO/c1-3-4-10-14(15(17)16-2)12-11-13-8-6-5-7-9-13/h5-9,14H,3-4,10-12H2,1-2H3,(H,16,17)/t14-/m0/s1.